The van der Waals surface area contributed by atoms with E-state index in [2.05, 4.69) is 10.5 Å². The lowest BCUT2D eigenvalue weighted by molar-refractivity contribution is -0.119. The molecule has 0 spiro atoms. The number of anilines is 1. The highest BCUT2D eigenvalue weighted by molar-refractivity contribution is 7.92. The topological polar surface area (TPSA) is 78.8 Å². The Balaban J connectivity index is 1.77. The third-order valence-electron chi connectivity index (χ3n) is 4.80. The van der Waals surface area contributed by atoms with Crippen LogP contribution in [0.4, 0.5) is 5.69 Å². The minimum atomic E-state index is -4.04. The van der Waals surface area contributed by atoms with Crippen molar-refractivity contribution < 1.29 is 13.2 Å². The van der Waals surface area contributed by atoms with Crippen molar-refractivity contribution in [1.29, 1.82) is 0 Å². The van der Waals surface area contributed by atoms with Crippen LogP contribution in [0.3, 0.4) is 0 Å². The van der Waals surface area contributed by atoms with E-state index in [-0.39, 0.29) is 20.6 Å². The zero-order chi connectivity index (χ0) is 23.8. The molecule has 6 nitrogen and oxygen atoms in total. The second-order valence-corrected chi connectivity index (χ2v) is 9.97. The number of nitrogens with zero attached hydrogens (tertiary/aromatic N) is 2. The molecule has 0 saturated heterocycles. The summed E-state index contributed by atoms with van der Waals surface area (Å²) in [6.07, 6.45) is 1.44. The van der Waals surface area contributed by atoms with Gasteiger partial charge in [0.1, 0.15) is 6.54 Å². The molecule has 1 amide bonds. The lowest BCUT2D eigenvalue weighted by Crippen LogP contribution is -2.39. The highest BCUT2D eigenvalue weighted by Crippen LogP contribution is 2.30. The molecular weight excluding hydrogens is 481 g/mol. The number of halogens is 2. The van der Waals surface area contributed by atoms with Crippen molar-refractivity contribution in [2.24, 2.45) is 5.10 Å². The average molecular weight is 504 g/mol. The van der Waals surface area contributed by atoms with Crippen LogP contribution in [0.5, 0.6) is 0 Å². The van der Waals surface area contributed by atoms with E-state index in [0.717, 1.165) is 22.0 Å². The Labute approximate surface area is 203 Å². The van der Waals surface area contributed by atoms with E-state index < -0.39 is 22.5 Å². The van der Waals surface area contributed by atoms with Crippen molar-refractivity contribution >= 4 is 50.5 Å². The predicted octanol–water partition coefficient (Wildman–Crippen LogP) is 5.31. The van der Waals surface area contributed by atoms with Crippen LogP contribution in [0, 0.1) is 0 Å². The van der Waals surface area contributed by atoms with Crippen LogP contribution in [0.25, 0.3) is 0 Å². The number of benzene rings is 3. The van der Waals surface area contributed by atoms with Gasteiger partial charge in [-0.15, -0.1) is 0 Å². The first-order valence-corrected chi connectivity index (χ1v) is 12.4. The van der Waals surface area contributed by atoms with Gasteiger partial charge in [0.2, 0.25) is 0 Å². The van der Waals surface area contributed by atoms with Crippen LogP contribution in [0.1, 0.15) is 18.9 Å². The molecule has 1 N–H and O–H groups in total. The predicted molar refractivity (Wildman–Crippen MR) is 133 cm³/mol. The molecule has 0 unspecified atom stereocenters. The molecule has 0 saturated carbocycles. The van der Waals surface area contributed by atoms with Crippen molar-refractivity contribution in [2.45, 2.75) is 24.7 Å². The van der Waals surface area contributed by atoms with Gasteiger partial charge in [-0.1, -0.05) is 71.7 Å². The minimum absolute atomic E-state index is 0.0476. The monoisotopic (exact) mass is 503 g/mol. The van der Waals surface area contributed by atoms with Gasteiger partial charge in [-0.05, 0) is 55.7 Å². The molecule has 0 aromatic heterocycles. The number of amides is 1. The Kier molecular flexibility index (Phi) is 8.49. The summed E-state index contributed by atoms with van der Waals surface area (Å²) in [6.45, 7) is 1.32. The fourth-order valence-corrected chi connectivity index (χ4v) is 4.75. The number of carbonyl (C=O) groups is 1. The summed E-state index contributed by atoms with van der Waals surface area (Å²) in [5.41, 5.74) is 4.55. The van der Waals surface area contributed by atoms with Gasteiger partial charge in [-0.2, -0.15) is 5.10 Å². The van der Waals surface area contributed by atoms with Crippen LogP contribution in [-0.2, 0) is 21.2 Å². The lowest BCUT2D eigenvalue weighted by Gasteiger charge is -2.24. The molecule has 0 aliphatic rings. The second kappa shape index (κ2) is 11.3. The Bertz CT molecular complexity index is 1230. The van der Waals surface area contributed by atoms with E-state index in [1.54, 1.807) is 25.1 Å². The van der Waals surface area contributed by atoms with Gasteiger partial charge in [0, 0.05) is 5.71 Å². The quantitative estimate of drug-likeness (QED) is 0.317. The molecule has 0 aliphatic heterocycles. The van der Waals surface area contributed by atoms with E-state index in [0.29, 0.717) is 6.42 Å². The third kappa shape index (κ3) is 6.81. The number of aryl methyl sites for hydroxylation is 1. The van der Waals surface area contributed by atoms with Gasteiger partial charge in [0.15, 0.2) is 0 Å². The Morgan fingerprint density at radius 1 is 0.939 bits per heavy atom. The van der Waals surface area contributed by atoms with Gasteiger partial charge < -0.3 is 0 Å². The van der Waals surface area contributed by atoms with Gasteiger partial charge in [-0.25, -0.2) is 13.8 Å². The third-order valence-corrected chi connectivity index (χ3v) is 7.33. The molecule has 0 bridgehead atoms. The number of rotatable bonds is 9. The SMILES string of the molecule is C/C(CCc1ccccc1)=N\NC(=O)CN(c1ccc(Cl)c(Cl)c1)S(=O)(=O)c1ccccc1. The largest absolute Gasteiger partial charge is 0.271 e. The first-order valence-electron chi connectivity index (χ1n) is 10.2. The van der Waals surface area contributed by atoms with Crippen LogP contribution in [0.2, 0.25) is 10.0 Å². The number of sulfonamides is 1. The van der Waals surface area contributed by atoms with Crippen LogP contribution in [-0.4, -0.2) is 26.6 Å². The first-order chi connectivity index (χ1) is 15.8. The highest BCUT2D eigenvalue weighted by atomic mass is 35.5. The summed E-state index contributed by atoms with van der Waals surface area (Å²) in [5, 5.41) is 4.58. The lowest BCUT2D eigenvalue weighted by atomic mass is 10.1. The molecule has 0 atom stereocenters. The summed E-state index contributed by atoms with van der Waals surface area (Å²) in [5.74, 6) is -0.584. The highest BCUT2D eigenvalue weighted by Gasteiger charge is 2.27. The normalized spacial score (nSPS) is 11.8. The zero-order valence-electron chi connectivity index (χ0n) is 17.9. The van der Waals surface area contributed by atoms with E-state index >= 15 is 0 Å². The summed E-state index contributed by atoms with van der Waals surface area (Å²) in [6, 6.07) is 22.2. The summed E-state index contributed by atoms with van der Waals surface area (Å²) < 4.78 is 27.6. The van der Waals surface area contributed by atoms with Crippen molar-refractivity contribution in [1.82, 2.24) is 5.43 Å². The van der Waals surface area contributed by atoms with E-state index in [1.165, 1.54) is 30.3 Å². The maximum atomic E-state index is 13.3. The number of hydrogen-bond donors (Lipinski definition) is 1. The Morgan fingerprint density at radius 2 is 1.58 bits per heavy atom. The van der Waals surface area contributed by atoms with Crippen molar-refractivity contribution in [2.75, 3.05) is 10.8 Å². The number of carbonyl (C=O) groups excluding carboxylic acids is 1. The standard InChI is InChI=1S/C24H23Cl2N3O3S/c1-18(12-13-19-8-4-2-5-9-19)27-28-24(30)17-29(20-14-15-22(25)23(26)16-20)33(31,32)21-10-6-3-7-11-21/h2-11,14-16H,12-13,17H2,1H3,(H,28,30)/b27-18+. The van der Waals surface area contributed by atoms with E-state index in [9.17, 15) is 13.2 Å². The Morgan fingerprint density at radius 3 is 2.21 bits per heavy atom. The smallest absolute Gasteiger partial charge is 0.264 e. The van der Waals surface area contributed by atoms with Crippen molar-refractivity contribution in [3.8, 4) is 0 Å². The molecule has 3 aromatic rings. The van der Waals surface area contributed by atoms with Crippen molar-refractivity contribution in [3.63, 3.8) is 0 Å². The minimum Gasteiger partial charge on any atom is -0.271 e. The van der Waals surface area contributed by atoms with Gasteiger partial charge >= 0.3 is 0 Å². The van der Waals surface area contributed by atoms with Gasteiger partial charge in [0.25, 0.3) is 15.9 Å². The van der Waals surface area contributed by atoms with Crippen molar-refractivity contribution in [3.05, 3.63) is 94.5 Å². The summed E-state index contributed by atoms with van der Waals surface area (Å²) >= 11 is 12.1. The zero-order valence-corrected chi connectivity index (χ0v) is 20.2. The van der Waals surface area contributed by atoms with Gasteiger partial charge in [0.05, 0.1) is 20.6 Å². The number of hydrogen-bond acceptors (Lipinski definition) is 4. The molecule has 0 heterocycles. The van der Waals surface area contributed by atoms with Crippen LogP contribution in [0.15, 0.2) is 88.9 Å². The van der Waals surface area contributed by atoms with Crippen LogP contribution >= 0.6 is 23.2 Å². The summed E-state index contributed by atoms with van der Waals surface area (Å²) in [4.78, 5) is 12.7. The molecule has 0 fully saturated rings. The molecule has 3 aromatic carbocycles. The fraction of sp³-hybridized carbons (Fsp3) is 0.167. The van der Waals surface area contributed by atoms with E-state index in [1.807, 2.05) is 30.3 Å². The maximum Gasteiger partial charge on any atom is 0.264 e. The van der Waals surface area contributed by atoms with Gasteiger partial charge in [-0.3, -0.25) is 9.10 Å². The number of hydrazone groups is 1. The van der Waals surface area contributed by atoms with E-state index in [4.69, 9.17) is 23.2 Å². The second-order valence-electron chi connectivity index (χ2n) is 7.29. The maximum absolute atomic E-state index is 13.3. The molecular formula is C24H23Cl2N3O3S. The summed E-state index contributed by atoms with van der Waals surface area (Å²) in [7, 11) is -4.04. The molecule has 9 heteroatoms. The Hall–Kier alpha value is -2.87. The number of nitrogens with one attached hydrogen (secondary N) is 1. The molecule has 172 valence electrons. The average Bonchev–Trinajstić information content (AvgIpc) is 2.83. The first kappa shape index (κ1) is 24.8. The molecule has 33 heavy (non-hydrogen) atoms. The fourth-order valence-electron chi connectivity index (χ4n) is 3.02. The van der Waals surface area contributed by atoms with Crippen LogP contribution < -0.4 is 9.73 Å². The molecule has 3 rings (SSSR count). The molecule has 0 radical (unpaired) electrons. The molecule has 0 aliphatic carbocycles.